The average molecular weight is 336 g/mol. The Bertz CT molecular complexity index is 710. The quantitative estimate of drug-likeness (QED) is 0.774. The Morgan fingerprint density at radius 3 is 2.65 bits per heavy atom. The SMILES string of the molecule is Cl.O=C(Nc1ccc(N2CCNCC2)cn1)c1cc[nH]c(=O)c1. The first kappa shape index (κ1) is 17.0. The number of nitrogens with one attached hydrogen (secondary N) is 3. The van der Waals surface area contributed by atoms with Crippen molar-refractivity contribution in [3.63, 3.8) is 0 Å². The van der Waals surface area contributed by atoms with E-state index in [2.05, 4.69) is 25.5 Å². The third-order valence-corrected chi connectivity index (χ3v) is 3.51. The zero-order valence-electron chi connectivity index (χ0n) is 12.4. The van der Waals surface area contributed by atoms with Gasteiger partial charge in [-0.25, -0.2) is 4.98 Å². The first-order chi connectivity index (χ1) is 10.7. The maximum absolute atomic E-state index is 12.0. The molecule has 0 unspecified atom stereocenters. The van der Waals surface area contributed by atoms with Gasteiger partial charge in [0, 0.05) is 44.0 Å². The number of amides is 1. The van der Waals surface area contributed by atoms with Crippen molar-refractivity contribution in [2.75, 3.05) is 36.4 Å². The van der Waals surface area contributed by atoms with Gasteiger partial charge < -0.3 is 20.5 Å². The van der Waals surface area contributed by atoms with E-state index in [1.807, 2.05) is 6.07 Å². The van der Waals surface area contributed by atoms with Crippen molar-refractivity contribution in [1.29, 1.82) is 0 Å². The minimum atomic E-state index is -0.353. The Hall–Kier alpha value is -2.38. The van der Waals surface area contributed by atoms with E-state index in [9.17, 15) is 9.59 Å². The molecular formula is C15H18ClN5O2. The summed E-state index contributed by atoms with van der Waals surface area (Å²) >= 11 is 0. The molecule has 2 aromatic rings. The van der Waals surface area contributed by atoms with Crippen LogP contribution in [0.15, 0.2) is 41.5 Å². The van der Waals surface area contributed by atoms with Crippen molar-refractivity contribution in [3.8, 4) is 0 Å². The van der Waals surface area contributed by atoms with Gasteiger partial charge in [0.1, 0.15) is 5.82 Å². The summed E-state index contributed by atoms with van der Waals surface area (Å²) in [6.07, 6.45) is 3.19. The summed E-state index contributed by atoms with van der Waals surface area (Å²) in [5.41, 5.74) is 1.03. The summed E-state index contributed by atoms with van der Waals surface area (Å²) in [5, 5.41) is 5.98. The molecule has 122 valence electrons. The summed E-state index contributed by atoms with van der Waals surface area (Å²) in [6, 6.07) is 6.50. The van der Waals surface area contributed by atoms with Crippen molar-refractivity contribution < 1.29 is 4.79 Å². The lowest BCUT2D eigenvalue weighted by Crippen LogP contribution is -2.43. The van der Waals surface area contributed by atoms with Gasteiger partial charge in [-0.05, 0) is 18.2 Å². The van der Waals surface area contributed by atoms with E-state index in [4.69, 9.17) is 0 Å². The van der Waals surface area contributed by atoms with Gasteiger partial charge in [0.2, 0.25) is 5.56 Å². The molecule has 0 spiro atoms. The van der Waals surface area contributed by atoms with Gasteiger partial charge in [0.25, 0.3) is 5.91 Å². The minimum Gasteiger partial charge on any atom is -0.368 e. The van der Waals surface area contributed by atoms with Gasteiger partial charge in [-0.2, -0.15) is 0 Å². The minimum absolute atomic E-state index is 0. The fourth-order valence-electron chi connectivity index (χ4n) is 2.34. The van der Waals surface area contributed by atoms with Crippen LogP contribution in [0.25, 0.3) is 0 Å². The number of carbonyl (C=O) groups excluding carboxylic acids is 1. The molecule has 3 rings (SSSR count). The maximum atomic E-state index is 12.0. The number of hydrogen-bond acceptors (Lipinski definition) is 5. The third-order valence-electron chi connectivity index (χ3n) is 3.51. The van der Waals surface area contributed by atoms with E-state index in [1.165, 1.54) is 12.3 Å². The van der Waals surface area contributed by atoms with Crippen LogP contribution in [0.5, 0.6) is 0 Å². The third kappa shape index (κ3) is 4.30. The number of hydrogen-bond donors (Lipinski definition) is 3. The molecule has 0 atom stereocenters. The summed E-state index contributed by atoms with van der Waals surface area (Å²) in [6.45, 7) is 3.81. The molecule has 23 heavy (non-hydrogen) atoms. The predicted molar refractivity (Wildman–Crippen MR) is 91.6 cm³/mol. The Balaban J connectivity index is 0.00000192. The molecule has 3 heterocycles. The topological polar surface area (TPSA) is 90.1 Å². The number of rotatable bonds is 3. The first-order valence-electron chi connectivity index (χ1n) is 7.14. The predicted octanol–water partition coefficient (Wildman–Crippen LogP) is 0.854. The number of H-pyrrole nitrogens is 1. The number of piperazine rings is 1. The molecule has 2 aromatic heterocycles. The van der Waals surface area contributed by atoms with Crippen LogP contribution in [0.2, 0.25) is 0 Å². The summed E-state index contributed by atoms with van der Waals surface area (Å²) in [4.78, 5) is 32.2. The molecule has 1 saturated heterocycles. The molecule has 1 aliphatic rings. The van der Waals surface area contributed by atoms with E-state index in [-0.39, 0.29) is 23.9 Å². The lowest BCUT2D eigenvalue weighted by atomic mass is 10.2. The van der Waals surface area contributed by atoms with E-state index in [1.54, 1.807) is 18.3 Å². The zero-order valence-corrected chi connectivity index (χ0v) is 13.2. The van der Waals surface area contributed by atoms with Gasteiger partial charge in [0.05, 0.1) is 11.9 Å². The van der Waals surface area contributed by atoms with Crippen LogP contribution >= 0.6 is 12.4 Å². The zero-order chi connectivity index (χ0) is 15.4. The Morgan fingerprint density at radius 2 is 2.00 bits per heavy atom. The molecule has 3 N–H and O–H groups in total. The first-order valence-corrected chi connectivity index (χ1v) is 7.14. The van der Waals surface area contributed by atoms with Gasteiger partial charge in [0.15, 0.2) is 0 Å². The standard InChI is InChI=1S/C15H17N5O2.ClH/c21-14-9-11(3-4-17-14)15(22)19-13-2-1-12(10-18-13)20-7-5-16-6-8-20;/h1-4,9-10,16H,5-8H2,(H,17,21)(H,18,19,22);1H. The van der Waals surface area contributed by atoms with Gasteiger partial charge in [-0.3, -0.25) is 9.59 Å². The van der Waals surface area contributed by atoms with Crippen LogP contribution in [0.4, 0.5) is 11.5 Å². The highest BCUT2D eigenvalue weighted by atomic mass is 35.5. The highest BCUT2D eigenvalue weighted by molar-refractivity contribution is 6.03. The summed E-state index contributed by atoms with van der Waals surface area (Å²) in [7, 11) is 0. The Kier molecular flexibility index (Phi) is 5.72. The fraction of sp³-hybridized carbons (Fsp3) is 0.267. The lowest BCUT2D eigenvalue weighted by Gasteiger charge is -2.29. The summed E-state index contributed by atoms with van der Waals surface area (Å²) in [5.74, 6) is 0.109. The van der Waals surface area contributed by atoms with Crippen LogP contribution < -0.4 is 21.1 Å². The van der Waals surface area contributed by atoms with E-state index >= 15 is 0 Å². The molecule has 1 aliphatic heterocycles. The highest BCUT2D eigenvalue weighted by Gasteiger charge is 2.11. The lowest BCUT2D eigenvalue weighted by molar-refractivity contribution is 0.102. The largest absolute Gasteiger partial charge is 0.368 e. The van der Waals surface area contributed by atoms with Crippen molar-refractivity contribution >= 4 is 29.8 Å². The van der Waals surface area contributed by atoms with Crippen LogP contribution in [-0.4, -0.2) is 42.1 Å². The number of aromatic amines is 1. The second-order valence-corrected chi connectivity index (χ2v) is 5.03. The van der Waals surface area contributed by atoms with Crippen molar-refractivity contribution in [2.24, 2.45) is 0 Å². The van der Waals surface area contributed by atoms with E-state index in [0.717, 1.165) is 31.9 Å². The summed E-state index contributed by atoms with van der Waals surface area (Å²) < 4.78 is 0. The molecule has 0 radical (unpaired) electrons. The fourth-order valence-corrected chi connectivity index (χ4v) is 2.34. The Morgan fingerprint density at radius 1 is 1.22 bits per heavy atom. The van der Waals surface area contributed by atoms with Crippen LogP contribution in [0, 0.1) is 0 Å². The number of carbonyl (C=O) groups is 1. The molecular weight excluding hydrogens is 318 g/mol. The van der Waals surface area contributed by atoms with Gasteiger partial charge >= 0.3 is 0 Å². The number of halogens is 1. The normalized spacial score (nSPS) is 14.0. The molecule has 1 fully saturated rings. The number of anilines is 2. The molecule has 1 amide bonds. The van der Waals surface area contributed by atoms with Crippen LogP contribution in [0.1, 0.15) is 10.4 Å². The van der Waals surface area contributed by atoms with Crippen molar-refractivity contribution in [2.45, 2.75) is 0 Å². The highest BCUT2D eigenvalue weighted by Crippen LogP contribution is 2.16. The van der Waals surface area contributed by atoms with Crippen LogP contribution in [0.3, 0.4) is 0 Å². The molecule has 0 aliphatic carbocycles. The average Bonchev–Trinajstić information content (AvgIpc) is 2.56. The monoisotopic (exact) mass is 335 g/mol. The van der Waals surface area contributed by atoms with Crippen molar-refractivity contribution in [3.05, 3.63) is 52.6 Å². The molecule has 0 saturated carbocycles. The molecule has 0 aromatic carbocycles. The molecule has 7 nitrogen and oxygen atoms in total. The van der Waals surface area contributed by atoms with Gasteiger partial charge in [-0.1, -0.05) is 0 Å². The number of aromatic nitrogens is 2. The number of nitrogens with zero attached hydrogens (tertiary/aromatic N) is 2. The Labute approximate surface area is 139 Å². The smallest absolute Gasteiger partial charge is 0.257 e. The maximum Gasteiger partial charge on any atom is 0.257 e. The second kappa shape index (κ2) is 7.75. The molecule has 0 bridgehead atoms. The second-order valence-electron chi connectivity index (χ2n) is 5.03. The van der Waals surface area contributed by atoms with Crippen LogP contribution in [-0.2, 0) is 0 Å². The van der Waals surface area contributed by atoms with E-state index < -0.39 is 0 Å². The number of pyridine rings is 2. The van der Waals surface area contributed by atoms with Gasteiger partial charge in [-0.15, -0.1) is 12.4 Å². The molecule has 8 heteroatoms. The van der Waals surface area contributed by atoms with E-state index in [0.29, 0.717) is 11.4 Å². The van der Waals surface area contributed by atoms with Crippen molar-refractivity contribution in [1.82, 2.24) is 15.3 Å².